The Morgan fingerprint density at radius 2 is 0.941 bits per heavy atom. The van der Waals surface area contributed by atoms with Crippen LogP contribution < -0.4 is 0 Å². The largest absolute Gasteiger partial charge is 0.120 e. The molecule has 0 aromatic heterocycles. The van der Waals surface area contributed by atoms with Crippen LogP contribution in [-0.2, 0) is 11.8 Å². The maximum Gasteiger partial charge on any atom is 0.0296 e. The summed E-state index contributed by atoms with van der Waals surface area (Å²) in [7, 11) is 0. The van der Waals surface area contributed by atoms with Gasteiger partial charge in [0, 0.05) is 11.8 Å². The Morgan fingerprint density at radius 1 is 0.588 bits per heavy atom. The van der Waals surface area contributed by atoms with Crippen LogP contribution in [0.15, 0.2) is 97.1 Å². The van der Waals surface area contributed by atoms with E-state index in [0.717, 1.165) is 12.8 Å². The Bertz CT molecular complexity index is 1180. The summed E-state index contributed by atoms with van der Waals surface area (Å²) in [6.45, 7) is 10.2. The van der Waals surface area contributed by atoms with Gasteiger partial charge in [0.25, 0.3) is 0 Å². The molecule has 0 nitrogen and oxygen atoms in total. The molecule has 2 aliphatic rings. The van der Waals surface area contributed by atoms with Crippen LogP contribution in [0, 0.1) is 12.3 Å². The molecule has 0 unspecified atom stereocenters. The third kappa shape index (κ3) is 4.57. The summed E-state index contributed by atoms with van der Waals surface area (Å²) in [4.78, 5) is 0. The molecule has 0 amide bonds. The first-order valence-corrected chi connectivity index (χ1v) is 12.5. The summed E-state index contributed by atoms with van der Waals surface area (Å²) in [5, 5.41) is 0. The molecule has 0 heteroatoms. The molecular formula is C34H36. The maximum atomic E-state index is 5.56. The molecule has 172 valence electrons. The van der Waals surface area contributed by atoms with Crippen molar-refractivity contribution in [3.63, 3.8) is 0 Å². The fourth-order valence-corrected chi connectivity index (χ4v) is 5.02. The number of hydrogen-bond acceptors (Lipinski definition) is 0. The average Bonchev–Trinajstić information content (AvgIpc) is 3.41. The standard InChI is InChI=1S/C17H14.C13H10.2C2H6/c1-3-12-17(2)15-10-6-4-8-13(15)14-9-5-7-11-16(14)17;1-3-7-12-10(5-1)9-11-6-2-4-8-13(11)12;2*1-2/h1,4-11H,12H2,2H3;1-8H,9H2;2*1-2H3. The first-order valence-electron chi connectivity index (χ1n) is 12.5. The molecule has 4 aromatic rings. The van der Waals surface area contributed by atoms with E-state index >= 15 is 0 Å². The zero-order chi connectivity index (χ0) is 24.6. The van der Waals surface area contributed by atoms with E-state index in [0.29, 0.717) is 0 Å². The normalized spacial score (nSPS) is 12.5. The van der Waals surface area contributed by atoms with Crippen molar-refractivity contribution < 1.29 is 0 Å². The van der Waals surface area contributed by atoms with Crippen molar-refractivity contribution in [3.05, 3.63) is 119 Å². The highest BCUT2D eigenvalue weighted by atomic mass is 14.4. The van der Waals surface area contributed by atoms with E-state index in [1.54, 1.807) is 0 Å². The number of hydrogen-bond donors (Lipinski definition) is 0. The zero-order valence-corrected chi connectivity index (χ0v) is 21.2. The van der Waals surface area contributed by atoms with Gasteiger partial charge < -0.3 is 0 Å². The molecule has 0 radical (unpaired) electrons. The molecule has 6 rings (SSSR count). The number of benzene rings is 4. The van der Waals surface area contributed by atoms with Crippen molar-refractivity contribution >= 4 is 0 Å². The van der Waals surface area contributed by atoms with Crippen molar-refractivity contribution in [2.75, 3.05) is 0 Å². The quantitative estimate of drug-likeness (QED) is 0.226. The smallest absolute Gasteiger partial charge is 0.0296 e. The fourth-order valence-electron chi connectivity index (χ4n) is 5.02. The average molecular weight is 445 g/mol. The van der Waals surface area contributed by atoms with E-state index < -0.39 is 0 Å². The molecule has 34 heavy (non-hydrogen) atoms. The van der Waals surface area contributed by atoms with E-state index in [2.05, 4.69) is 110 Å². The number of fused-ring (bicyclic) bond motifs is 6. The van der Waals surface area contributed by atoms with Crippen LogP contribution >= 0.6 is 0 Å². The Labute approximate surface area is 206 Å². The van der Waals surface area contributed by atoms with Gasteiger partial charge in [-0.2, -0.15) is 0 Å². The number of rotatable bonds is 1. The second-order valence-electron chi connectivity index (χ2n) is 8.30. The highest BCUT2D eigenvalue weighted by molar-refractivity contribution is 5.81. The minimum absolute atomic E-state index is 0.0259. The molecule has 0 saturated carbocycles. The maximum absolute atomic E-state index is 5.56. The molecule has 0 spiro atoms. The van der Waals surface area contributed by atoms with E-state index in [4.69, 9.17) is 6.42 Å². The molecule has 0 fully saturated rings. The second-order valence-corrected chi connectivity index (χ2v) is 8.30. The van der Waals surface area contributed by atoms with Gasteiger partial charge in [-0.25, -0.2) is 0 Å². The molecule has 0 heterocycles. The van der Waals surface area contributed by atoms with Gasteiger partial charge >= 0.3 is 0 Å². The summed E-state index contributed by atoms with van der Waals surface area (Å²) >= 11 is 0. The third-order valence-corrected chi connectivity index (χ3v) is 6.49. The summed E-state index contributed by atoms with van der Waals surface area (Å²) in [5.74, 6) is 2.83. The Morgan fingerprint density at radius 3 is 1.35 bits per heavy atom. The van der Waals surface area contributed by atoms with Crippen molar-refractivity contribution in [2.24, 2.45) is 0 Å². The molecule has 0 N–H and O–H groups in total. The number of terminal acetylenes is 1. The van der Waals surface area contributed by atoms with Crippen molar-refractivity contribution in [1.82, 2.24) is 0 Å². The molecule has 0 atom stereocenters. The molecule has 0 bridgehead atoms. The summed E-state index contributed by atoms with van der Waals surface area (Å²) in [6.07, 6.45) is 7.41. The van der Waals surface area contributed by atoms with Gasteiger partial charge in [0.05, 0.1) is 0 Å². The van der Waals surface area contributed by atoms with Crippen LogP contribution in [0.3, 0.4) is 0 Å². The van der Waals surface area contributed by atoms with Gasteiger partial charge in [-0.1, -0.05) is 132 Å². The summed E-state index contributed by atoms with van der Waals surface area (Å²) in [5.41, 5.74) is 11.1. The zero-order valence-electron chi connectivity index (χ0n) is 21.2. The van der Waals surface area contributed by atoms with Crippen LogP contribution in [0.1, 0.15) is 63.3 Å². The first kappa shape index (κ1) is 25.1. The SMILES string of the molecule is C#CCC1(C)c2ccccc2-c2ccccc21.CC.CC.c1ccc2c(c1)Cc1ccccc1-2. The highest BCUT2D eigenvalue weighted by Crippen LogP contribution is 2.50. The molecule has 4 aromatic carbocycles. The minimum Gasteiger partial charge on any atom is -0.120 e. The fraction of sp³-hybridized carbons (Fsp3) is 0.235. The van der Waals surface area contributed by atoms with Gasteiger partial charge in [-0.15, -0.1) is 12.3 Å². The van der Waals surface area contributed by atoms with Crippen molar-refractivity contribution in [1.29, 1.82) is 0 Å². The van der Waals surface area contributed by atoms with Crippen molar-refractivity contribution in [3.8, 4) is 34.6 Å². The Hall–Kier alpha value is -3.56. The van der Waals surface area contributed by atoms with Gasteiger partial charge in [0.1, 0.15) is 0 Å². The van der Waals surface area contributed by atoms with E-state index in [1.807, 2.05) is 27.7 Å². The molecule has 0 saturated heterocycles. The summed E-state index contributed by atoms with van der Waals surface area (Å²) in [6, 6.07) is 34.5. The van der Waals surface area contributed by atoms with Crippen LogP contribution in [0.25, 0.3) is 22.3 Å². The predicted molar refractivity (Wildman–Crippen MR) is 149 cm³/mol. The Kier molecular flexibility index (Phi) is 8.50. The Balaban J connectivity index is 0.000000170. The molecule has 2 aliphatic carbocycles. The second kappa shape index (κ2) is 11.5. The topological polar surface area (TPSA) is 0 Å². The lowest BCUT2D eigenvalue weighted by Gasteiger charge is -2.24. The lowest BCUT2D eigenvalue weighted by atomic mass is 9.78. The van der Waals surface area contributed by atoms with Crippen LogP contribution in [-0.4, -0.2) is 0 Å². The van der Waals surface area contributed by atoms with Gasteiger partial charge in [-0.05, 0) is 50.9 Å². The molecule has 0 aliphatic heterocycles. The minimum atomic E-state index is -0.0259. The van der Waals surface area contributed by atoms with E-state index in [9.17, 15) is 0 Å². The molecular weight excluding hydrogens is 408 g/mol. The van der Waals surface area contributed by atoms with E-state index in [-0.39, 0.29) is 5.41 Å². The van der Waals surface area contributed by atoms with Gasteiger partial charge in [0.15, 0.2) is 0 Å². The van der Waals surface area contributed by atoms with Crippen LogP contribution in [0.5, 0.6) is 0 Å². The van der Waals surface area contributed by atoms with Gasteiger partial charge in [0.2, 0.25) is 0 Å². The van der Waals surface area contributed by atoms with Crippen molar-refractivity contribution in [2.45, 2.75) is 52.9 Å². The van der Waals surface area contributed by atoms with Crippen LogP contribution in [0.4, 0.5) is 0 Å². The highest BCUT2D eigenvalue weighted by Gasteiger charge is 2.37. The van der Waals surface area contributed by atoms with E-state index in [1.165, 1.54) is 44.5 Å². The first-order chi connectivity index (χ1) is 16.7. The predicted octanol–water partition coefficient (Wildman–Crippen LogP) is 9.31. The third-order valence-electron chi connectivity index (χ3n) is 6.49. The van der Waals surface area contributed by atoms with Gasteiger partial charge in [-0.3, -0.25) is 0 Å². The lowest BCUT2D eigenvalue weighted by Crippen LogP contribution is -2.19. The lowest BCUT2D eigenvalue weighted by molar-refractivity contribution is 0.607. The monoisotopic (exact) mass is 444 g/mol. The summed E-state index contributed by atoms with van der Waals surface area (Å²) < 4.78 is 0. The van der Waals surface area contributed by atoms with Crippen LogP contribution in [0.2, 0.25) is 0 Å².